The number of carbonyl (C=O) groups is 1. The molecule has 0 fully saturated rings. The molecule has 4 heteroatoms. The maximum absolute atomic E-state index is 12.2. The summed E-state index contributed by atoms with van der Waals surface area (Å²) in [6, 6.07) is 11.8. The highest BCUT2D eigenvalue weighted by Crippen LogP contribution is 2.22. The maximum Gasteiger partial charge on any atom is 0.272 e. The van der Waals surface area contributed by atoms with Gasteiger partial charge in [0, 0.05) is 5.69 Å². The van der Waals surface area contributed by atoms with Crippen LogP contribution in [0.1, 0.15) is 23.0 Å². The first-order chi connectivity index (χ1) is 9.28. The molecule has 96 valence electrons. The molecule has 0 aliphatic rings. The van der Waals surface area contributed by atoms with Gasteiger partial charge in [0.15, 0.2) is 0 Å². The second-order valence-corrected chi connectivity index (χ2v) is 5.29. The van der Waals surface area contributed by atoms with Crippen molar-refractivity contribution in [3.8, 4) is 0 Å². The van der Waals surface area contributed by atoms with E-state index in [1.807, 2.05) is 41.8 Å². The monoisotopic (exact) mass is 270 g/mol. The summed E-state index contributed by atoms with van der Waals surface area (Å²) in [6.07, 6.45) is 0.899. The smallest absolute Gasteiger partial charge is 0.272 e. The van der Waals surface area contributed by atoms with Crippen LogP contribution < -0.4 is 5.32 Å². The summed E-state index contributed by atoms with van der Waals surface area (Å²) in [7, 11) is 0. The number of aromatic amines is 1. The first-order valence-electron chi connectivity index (χ1n) is 6.23. The first-order valence-corrected chi connectivity index (χ1v) is 7.11. The van der Waals surface area contributed by atoms with Crippen LogP contribution >= 0.6 is 11.3 Å². The van der Waals surface area contributed by atoms with Gasteiger partial charge in [0.25, 0.3) is 5.91 Å². The fourth-order valence-electron chi connectivity index (χ4n) is 2.11. The molecule has 0 spiro atoms. The van der Waals surface area contributed by atoms with E-state index in [-0.39, 0.29) is 5.91 Å². The third-order valence-electron chi connectivity index (χ3n) is 3.13. The minimum atomic E-state index is -0.0932. The number of fused-ring (bicyclic) bond motifs is 1. The van der Waals surface area contributed by atoms with Crippen LogP contribution in [-0.4, -0.2) is 10.9 Å². The highest BCUT2D eigenvalue weighted by molar-refractivity contribution is 7.17. The predicted octanol–water partition coefficient (Wildman–Crippen LogP) is 4.04. The van der Waals surface area contributed by atoms with Crippen molar-refractivity contribution in [1.82, 2.24) is 4.98 Å². The highest BCUT2D eigenvalue weighted by Gasteiger charge is 2.11. The van der Waals surface area contributed by atoms with Gasteiger partial charge in [-0.2, -0.15) is 0 Å². The van der Waals surface area contributed by atoms with Crippen LogP contribution in [0.4, 0.5) is 5.69 Å². The van der Waals surface area contributed by atoms with Crippen LogP contribution in [-0.2, 0) is 6.42 Å². The lowest BCUT2D eigenvalue weighted by molar-refractivity contribution is 0.102. The fourth-order valence-corrected chi connectivity index (χ4v) is 2.89. The molecule has 0 unspecified atom stereocenters. The van der Waals surface area contributed by atoms with E-state index in [1.54, 1.807) is 11.3 Å². The minimum Gasteiger partial charge on any atom is -0.350 e. The number of H-pyrrole nitrogens is 1. The van der Waals surface area contributed by atoms with Crippen LogP contribution in [0.15, 0.2) is 41.8 Å². The molecule has 3 rings (SSSR count). The second kappa shape index (κ2) is 4.90. The molecule has 0 radical (unpaired) electrons. The standard InChI is InChI=1S/C15H14N2OS/c1-2-10-5-3-4-6-11(10)17-15(18)13-9-14-12(16-13)7-8-19-14/h3-9,16H,2H2,1H3,(H,17,18). The molecule has 0 aliphatic carbocycles. The van der Waals surface area contributed by atoms with E-state index in [1.165, 1.54) is 0 Å². The Hall–Kier alpha value is -2.07. The molecule has 1 aromatic carbocycles. The van der Waals surface area contributed by atoms with Crippen LogP contribution in [0.2, 0.25) is 0 Å². The average Bonchev–Trinajstić information content (AvgIpc) is 3.00. The molecule has 0 aliphatic heterocycles. The van der Waals surface area contributed by atoms with Gasteiger partial charge in [-0.3, -0.25) is 4.79 Å². The van der Waals surface area contributed by atoms with Crippen molar-refractivity contribution in [3.63, 3.8) is 0 Å². The maximum atomic E-state index is 12.2. The van der Waals surface area contributed by atoms with E-state index < -0.39 is 0 Å². The van der Waals surface area contributed by atoms with Gasteiger partial charge in [0.1, 0.15) is 5.69 Å². The van der Waals surface area contributed by atoms with E-state index in [0.29, 0.717) is 5.69 Å². The first kappa shape index (κ1) is 12.0. The van der Waals surface area contributed by atoms with Gasteiger partial charge < -0.3 is 10.3 Å². The number of nitrogens with one attached hydrogen (secondary N) is 2. The third kappa shape index (κ3) is 2.27. The summed E-state index contributed by atoms with van der Waals surface area (Å²) in [5, 5.41) is 4.97. The number of carbonyl (C=O) groups excluding carboxylic acids is 1. The Bertz CT molecular complexity index is 698. The van der Waals surface area contributed by atoms with Crippen LogP contribution in [0.25, 0.3) is 10.2 Å². The van der Waals surface area contributed by atoms with Crippen molar-refractivity contribution in [3.05, 3.63) is 53.0 Å². The Morgan fingerprint density at radius 3 is 2.95 bits per heavy atom. The Labute approximate surface area is 115 Å². The van der Waals surface area contributed by atoms with Gasteiger partial charge in [-0.15, -0.1) is 11.3 Å². The molecule has 19 heavy (non-hydrogen) atoms. The molecular weight excluding hydrogens is 256 g/mol. The van der Waals surface area contributed by atoms with Gasteiger partial charge in [0.05, 0.1) is 10.2 Å². The number of thiophene rings is 1. The van der Waals surface area contributed by atoms with Crippen molar-refractivity contribution >= 4 is 33.1 Å². The number of anilines is 1. The number of benzene rings is 1. The quantitative estimate of drug-likeness (QED) is 0.741. The van der Waals surface area contributed by atoms with Crippen LogP contribution in [0.3, 0.4) is 0 Å². The molecule has 0 saturated carbocycles. The molecule has 0 bridgehead atoms. The van der Waals surface area contributed by atoms with E-state index in [4.69, 9.17) is 0 Å². The Morgan fingerprint density at radius 1 is 1.32 bits per heavy atom. The van der Waals surface area contributed by atoms with Gasteiger partial charge in [-0.05, 0) is 35.6 Å². The second-order valence-electron chi connectivity index (χ2n) is 4.35. The molecule has 3 nitrogen and oxygen atoms in total. The van der Waals surface area contributed by atoms with Crippen molar-refractivity contribution in [1.29, 1.82) is 0 Å². The fraction of sp³-hybridized carbons (Fsp3) is 0.133. The summed E-state index contributed by atoms with van der Waals surface area (Å²) < 4.78 is 1.11. The molecule has 0 atom stereocenters. The molecule has 1 amide bonds. The van der Waals surface area contributed by atoms with Gasteiger partial charge >= 0.3 is 0 Å². The number of aromatic nitrogens is 1. The topological polar surface area (TPSA) is 44.9 Å². The molecule has 3 aromatic rings. The highest BCUT2D eigenvalue weighted by atomic mass is 32.1. The Kier molecular flexibility index (Phi) is 3.09. The largest absolute Gasteiger partial charge is 0.350 e. The molecule has 0 saturated heterocycles. The lowest BCUT2D eigenvalue weighted by Crippen LogP contribution is -2.13. The zero-order valence-electron chi connectivity index (χ0n) is 10.6. The summed E-state index contributed by atoms with van der Waals surface area (Å²) in [5.74, 6) is -0.0932. The van der Waals surface area contributed by atoms with Gasteiger partial charge in [0.2, 0.25) is 0 Å². The zero-order chi connectivity index (χ0) is 13.2. The predicted molar refractivity (Wildman–Crippen MR) is 79.9 cm³/mol. The van der Waals surface area contributed by atoms with Gasteiger partial charge in [-0.25, -0.2) is 0 Å². The van der Waals surface area contributed by atoms with Crippen molar-refractivity contribution in [2.45, 2.75) is 13.3 Å². The zero-order valence-corrected chi connectivity index (χ0v) is 11.4. The van der Waals surface area contributed by atoms with Crippen LogP contribution in [0.5, 0.6) is 0 Å². The molecule has 2 aromatic heterocycles. The normalized spacial score (nSPS) is 10.8. The summed E-state index contributed by atoms with van der Waals surface area (Å²) in [6.45, 7) is 2.08. The van der Waals surface area contributed by atoms with Crippen molar-refractivity contribution < 1.29 is 4.79 Å². The Morgan fingerprint density at radius 2 is 2.16 bits per heavy atom. The number of para-hydroxylation sites is 1. The number of hydrogen-bond donors (Lipinski definition) is 2. The summed E-state index contributed by atoms with van der Waals surface area (Å²) in [4.78, 5) is 15.3. The summed E-state index contributed by atoms with van der Waals surface area (Å²) >= 11 is 1.63. The number of aryl methyl sites for hydroxylation is 1. The Balaban J connectivity index is 1.86. The number of rotatable bonds is 3. The molecule has 2 heterocycles. The molecule has 2 N–H and O–H groups in total. The van der Waals surface area contributed by atoms with Crippen molar-refractivity contribution in [2.24, 2.45) is 0 Å². The van der Waals surface area contributed by atoms with Gasteiger partial charge in [-0.1, -0.05) is 25.1 Å². The van der Waals surface area contributed by atoms with E-state index in [0.717, 1.165) is 27.9 Å². The minimum absolute atomic E-state index is 0.0932. The molecular formula is C15H14N2OS. The average molecular weight is 270 g/mol. The third-order valence-corrected chi connectivity index (χ3v) is 3.99. The van der Waals surface area contributed by atoms with E-state index in [2.05, 4.69) is 17.2 Å². The van der Waals surface area contributed by atoms with E-state index in [9.17, 15) is 4.79 Å². The van der Waals surface area contributed by atoms with E-state index >= 15 is 0 Å². The number of hydrogen-bond acceptors (Lipinski definition) is 2. The van der Waals surface area contributed by atoms with Crippen LogP contribution in [0, 0.1) is 0 Å². The lowest BCUT2D eigenvalue weighted by Gasteiger charge is -2.08. The van der Waals surface area contributed by atoms with Crippen molar-refractivity contribution in [2.75, 3.05) is 5.32 Å². The SMILES string of the molecule is CCc1ccccc1NC(=O)c1cc2sccc2[nH]1. The number of amides is 1. The lowest BCUT2D eigenvalue weighted by atomic mass is 10.1. The summed E-state index contributed by atoms with van der Waals surface area (Å²) in [5.41, 5.74) is 3.64.